The van der Waals surface area contributed by atoms with Gasteiger partial charge < -0.3 is 15.2 Å². The van der Waals surface area contributed by atoms with Crippen molar-refractivity contribution in [1.82, 2.24) is 0 Å². The lowest BCUT2D eigenvalue weighted by atomic mass is 9.86. The number of halogens is 2. The Balaban J connectivity index is 2.04. The monoisotopic (exact) mass is 305 g/mol. The molecule has 5 heteroatoms. The lowest BCUT2D eigenvalue weighted by Gasteiger charge is -2.41. The maximum Gasteiger partial charge on any atom is 0.134 e. The van der Waals surface area contributed by atoms with Crippen LogP contribution in [0.1, 0.15) is 6.42 Å². The summed E-state index contributed by atoms with van der Waals surface area (Å²) in [7, 11) is 1.65. The summed E-state index contributed by atoms with van der Waals surface area (Å²) in [5, 5.41) is 0.674. The molecule has 1 aliphatic carbocycles. The molecule has 0 aliphatic heterocycles. The first-order valence-corrected chi connectivity index (χ1v) is 6.19. The highest BCUT2D eigenvalue weighted by molar-refractivity contribution is 9.10. The zero-order valence-electron chi connectivity index (χ0n) is 8.82. The molecule has 1 aromatic carbocycles. The van der Waals surface area contributed by atoms with Gasteiger partial charge in [-0.25, -0.2) is 0 Å². The second kappa shape index (κ2) is 4.92. The van der Waals surface area contributed by atoms with E-state index in [0.717, 1.165) is 16.6 Å². The van der Waals surface area contributed by atoms with Crippen LogP contribution in [0, 0.1) is 0 Å². The van der Waals surface area contributed by atoms with Crippen molar-refractivity contribution >= 4 is 27.5 Å². The Bertz CT molecular complexity index is 388. The van der Waals surface area contributed by atoms with Gasteiger partial charge in [0.2, 0.25) is 0 Å². The molecule has 0 aromatic heterocycles. The molecule has 3 nitrogen and oxygen atoms in total. The quantitative estimate of drug-likeness (QED) is 0.933. The van der Waals surface area contributed by atoms with Gasteiger partial charge in [-0.1, -0.05) is 11.6 Å². The van der Waals surface area contributed by atoms with Crippen molar-refractivity contribution in [3.63, 3.8) is 0 Å². The summed E-state index contributed by atoms with van der Waals surface area (Å²) < 4.78 is 11.9. The predicted molar refractivity (Wildman–Crippen MR) is 67.0 cm³/mol. The SMILES string of the molecule is COC1C(N)CC1Oc1ccc(Cl)cc1Br. The molecule has 0 spiro atoms. The van der Waals surface area contributed by atoms with Gasteiger partial charge in [0, 0.05) is 24.6 Å². The molecule has 2 rings (SSSR count). The van der Waals surface area contributed by atoms with Crippen LogP contribution in [0.25, 0.3) is 0 Å². The molecule has 3 unspecified atom stereocenters. The van der Waals surface area contributed by atoms with Crippen LogP contribution < -0.4 is 10.5 Å². The van der Waals surface area contributed by atoms with Gasteiger partial charge in [-0.15, -0.1) is 0 Å². The minimum absolute atomic E-state index is 0.0254. The first kappa shape index (κ1) is 12.2. The Morgan fingerprint density at radius 1 is 1.50 bits per heavy atom. The van der Waals surface area contributed by atoms with E-state index in [1.54, 1.807) is 19.2 Å². The van der Waals surface area contributed by atoms with E-state index in [4.69, 9.17) is 26.8 Å². The third-order valence-electron chi connectivity index (χ3n) is 2.74. The summed E-state index contributed by atoms with van der Waals surface area (Å²) >= 11 is 9.25. The minimum atomic E-state index is -0.0254. The molecule has 16 heavy (non-hydrogen) atoms. The summed E-state index contributed by atoms with van der Waals surface area (Å²) in [6.07, 6.45) is 0.813. The Kier molecular flexibility index (Phi) is 3.74. The molecule has 3 atom stereocenters. The van der Waals surface area contributed by atoms with Crippen molar-refractivity contribution in [1.29, 1.82) is 0 Å². The lowest BCUT2D eigenvalue weighted by molar-refractivity contribution is -0.0784. The third kappa shape index (κ3) is 2.35. The maximum absolute atomic E-state index is 5.85. The zero-order chi connectivity index (χ0) is 11.7. The van der Waals surface area contributed by atoms with Crippen LogP contribution in [-0.2, 0) is 4.74 Å². The third-order valence-corrected chi connectivity index (χ3v) is 3.59. The van der Waals surface area contributed by atoms with E-state index in [1.165, 1.54) is 0 Å². The van der Waals surface area contributed by atoms with Gasteiger partial charge in [-0.05, 0) is 34.1 Å². The fraction of sp³-hybridized carbons (Fsp3) is 0.455. The predicted octanol–water partition coefficient (Wildman–Crippen LogP) is 2.60. The Morgan fingerprint density at radius 3 is 2.81 bits per heavy atom. The van der Waals surface area contributed by atoms with Crippen molar-refractivity contribution < 1.29 is 9.47 Å². The van der Waals surface area contributed by atoms with E-state index < -0.39 is 0 Å². The number of rotatable bonds is 3. The van der Waals surface area contributed by atoms with Gasteiger partial charge in [0.05, 0.1) is 4.47 Å². The molecule has 1 aromatic rings. The highest BCUT2D eigenvalue weighted by atomic mass is 79.9. The zero-order valence-corrected chi connectivity index (χ0v) is 11.2. The number of hydrogen-bond donors (Lipinski definition) is 1. The van der Waals surface area contributed by atoms with E-state index >= 15 is 0 Å². The number of hydrogen-bond acceptors (Lipinski definition) is 3. The number of benzene rings is 1. The highest BCUT2D eigenvalue weighted by Gasteiger charge is 2.41. The molecule has 1 aliphatic rings. The van der Waals surface area contributed by atoms with E-state index in [0.29, 0.717) is 5.02 Å². The summed E-state index contributed by atoms with van der Waals surface area (Å²) in [5.74, 6) is 0.767. The molecule has 1 saturated carbocycles. The van der Waals surface area contributed by atoms with E-state index in [1.807, 2.05) is 6.07 Å². The Labute approximate surface area is 108 Å². The Hall–Kier alpha value is -0.290. The van der Waals surface area contributed by atoms with Crippen molar-refractivity contribution in [2.24, 2.45) is 5.73 Å². The molecule has 2 N–H and O–H groups in total. The van der Waals surface area contributed by atoms with Crippen LogP contribution >= 0.6 is 27.5 Å². The first-order valence-electron chi connectivity index (χ1n) is 5.02. The topological polar surface area (TPSA) is 44.5 Å². The van der Waals surface area contributed by atoms with Gasteiger partial charge in [0.25, 0.3) is 0 Å². The van der Waals surface area contributed by atoms with Crippen molar-refractivity contribution in [3.05, 3.63) is 27.7 Å². The number of ether oxygens (including phenoxy) is 2. The standard InChI is InChI=1S/C11H13BrClNO2/c1-15-11-8(14)5-10(11)16-9-3-2-6(13)4-7(9)12/h2-4,8,10-11H,5,14H2,1H3. The molecule has 0 bridgehead atoms. The minimum Gasteiger partial charge on any atom is -0.486 e. The number of methoxy groups -OCH3 is 1. The van der Waals surface area contributed by atoms with Crippen LogP contribution in [0.2, 0.25) is 5.02 Å². The smallest absolute Gasteiger partial charge is 0.134 e. The fourth-order valence-corrected chi connectivity index (χ4v) is 2.57. The lowest BCUT2D eigenvalue weighted by Crippen LogP contribution is -2.59. The second-order valence-electron chi connectivity index (χ2n) is 3.83. The molecular formula is C11H13BrClNO2. The van der Waals surface area contributed by atoms with Gasteiger partial charge in [-0.2, -0.15) is 0 Å². The van der Waals surface area contributed by atoms with Gasteiger partial charge in [0.1, 0.15) is 18.0 Å². The second-order valence-corrected chi connectivity index (χ2v) is 5.12. The van der Waals surface area contributed by atoms with Crippen LogP contribution in [0.3, 0.4) is 0 Å². The van der Waals surface area contributed by atoms with Gasteiger partial charge in [0.15, 0.2) is 0 Å². The normalized spacial score (nSPS) is 28.6. The number of nitrogens with two attached hydrogens (primary N) is 1. The summed E-state index contributed by atoms with van der Waals surface area (Å²) in [6, 6.07) is 5.50. The summed E-state index contributed by atoms with van der Waals surface area (Å²) in [6.45, 7) is 0. The summed E-state index contributed by atoms with van der Waals surface area (Å²) in [4.78, 5) is 0. The molecule has 0 heterocycles. The largest absolute Gasteiger partial charge is 0.486 e. The van der Waals surface area contributed by atoms with Gasteiger partial charge >= 0.3 is 0 Å². The van der Waals surface area contributed by atoms with E-state index in [9.17, 15) is 0 Å². The molecule has 0 radical (unpaired) electrons. The highest BCUT2D eigenvalue weighted by Crippen LogP contribution is 2.33. The fourth-order valence-electron chi connectivity index (χ4n) is 1.79. The molecule has 88 valence electrons. The van der Waals surface area contributed by atoms with Crippen molar-refractivity contribution in [3.8, 4) is 5.75 Å². The van der Waals surface area contributed by atoms with E-state index in [2.05, 4.69) is 15.9 Å². The average Bonchev–Trinajstić information content (AvgIpc) is 2.21. The average molecular weight is 307 g/mol. The molecule has 1 fully saturated rings. The molecule has 0 amide bonds. The van der Waals surface area contributed by atoms with Crippen LogP contribution in [-0.4, -0.2) is 25.4 Å². The van der Waals surface area contributed by atoms with Crippen LogP contribution in [0.4, 0.5) is 0 Å². The molecule has 0 saturated heterocycles. The van der Waals surface area contributed by atoms with Crippen molar-refractivity contribution in [2.45, 2.75) is 24.7 Å². The Morgan fingerprint density at radius 2 is 2.25 bits per heavy atom. The summed E-state index contributed by atoms with van der Waals surface area (Å²) in [5.41, 5.74) is 5.80. The van der Waals surface area contributed by atoms with Crippen molar-refractivity contribution in [2.75, 3.05) is 7.11 Å². The van der Waals surface area contributed by atoms with E-state index in [-0.39, 0.29) is 18.2 Å². The molecular weight excluding hydrogens is 293 g/mol. The van der Waals surface area contributed by atoms with Crippen LogP contribution in [0.5, 0.6) is 5.75 Å². The maximum atomic E-state index is 5.85. The first-order chi connectivity index (χ1) is 7.61. The van der Waals surface area contributed by atoms with Gasteiger partial charge in [-0.3, -0.25) is 0 Å². The van der Waals surface area contributed by atoms with Crippen LogP contribution in [0.15, 0.2) is 22.7 Å².